The maximum atomic E-state index is 13.0. The number of sulfone groups is 1. The highest BCUT2D eigenvalue weighted by molar-refractivity contribution is 9.10. The highest BCUT2D eigenvalue weighted by Gasteiger charge is 2.42. The van der Waals surface area contributed by atoms with E-state index >= 15 is 0 Å². The first-order valence-electron chi connectivity index (χ1n) is 7.89. The second-order valence-corrected chi connectivity index (χ2v) is 9.20. The Morgan fingerprint density at radius 3 is 2.52 bits per heavy atom. The summed E-state index contributed by atoms with van der Waals surface area (Å²) < 4.78 is 29.1. The summed E-state index contributed by atoms with van der Waals surface area (Å²) in [5.74, 6) is -3.13. The van der Waals surface area contributed by atoms with Gasteiger partial charge < -0.3 is 4.74 Å². The van der Waals surface area contributed by atoms with Crippen LogP contribution in [0.5, 0.6) is 0 Å². The molecule has 8 heteroatoms. The summed E-state index contributed by atoms with van der Waals surface area (Å²) >= 11 is 3.27. The fourth-order valence-electron chi connectivity index (χ4n) is 2.58. The van der Waals surface area contributed by atoms with E-state index in [4.69, 9.17) is 10.1 Å². The van der Waals surface area contributed by atoms with Crippen LogP contribution in [0, 0.1) is 17.2 Å². The van der Waals surface area contributed by atoms with Crippen LogP contribution in [0.1, 0.15) is 35.7 Å². The number of ketones is 2. The van der Waals surface area contributed by atoms with Crippen molar-refractivity contribution in [2.75, 3.05) is 12.9 Å². The Kier molecular flexibility index (Phi) is 6.16. The highest BCUT2D eigenvalue weighted by atomic mass is 79.9. The van der Waals surface area contributed by atoms with Crippen molar-refractivity contribution in [2.24, 2.45) is 11.8 Å². The number of Topliss-reactive ketones (excluding diaryl/α,β-unsaturated/α-hetero) is 2. The van der Waals surface area contributed by atoms with Gasteiger partial charge in [0.2, 0.25) is 0 Å². The first-order chi connectivity index (χ1) is 11.6. The van der Waals surface area contributed by atoms with Gasteiger partial charge in [-0.3, -0.25) is 15.0 Å². The summed E-state index contributed by atoms with van der Waals surface area (Å²) in [6.45, 7) is 1.85. The molecule has 0 bridgehead atoms. The van der Waals surface area contributed by atoms with E-state index in [0.717, 1.165) is 6.26 Å². The first kappa shape index (κ1) is 19.8. The number of nitrogens with one attached hydrogen (secondary N) is 1. The number of carbonyl (C=O) groups is 2. The van der Waals surface area contributed by atoms with E-state index in [-0.39, 0.29) is 35.5 Å². The first-order valence-corrected chi connectivity index (χ1v) is 10.7. The lowest BCUT2D eigenvalue weighted by atomic mass is 9.89. The number of carbonyl (C=O) groups excluding carboxylic acids is 2. The quantitative estimate of drug-likeness (QED) is 0.296. The molecule has 1 aromatic carbocycles. The molecule has 1 aromatic rings. The van der Waals surface area contributed by atoms with Gasteiger partial charge in [0.25, 0.3) is 0 Å². The number of benzene rings is 1. The van der Waals surface area contributed by atoms with E-state index < -0.39 is 21.5 Å². The third-order valence-corrected chi connectivity index (χ3v) is 5.17. The molecule has 1 atom stereocenters. The van der Waals surface area contributed by atoms with E-state index in [1.165, 1.54) is 6.07 Å². The molecular weight excluding hydrogens is 410 g/mol. The van der Waals surface area contributed by atoms with Crippen LogP contribution in [-0.4, -0.2) is 38.7 Å². The van der Waals surface area contributed by atoms with Crippen LogP contribution in [0.2, 0.25) is 0 Å². The van der Waals surface area contributed by atoms with Gasteiger partial charge in [-0.1, -0.05) is 15.9 Å². The van der Waals surface area contributed by atoms with Crippen LogP contribution in [0.4, 0.5) is 0 Å². The van der Waals surface area contributed by atoms with E-state index in [1.807, 2.05) is 0 Å². The SMILES string of the molecule is CCOC(=N)C(C(=O)c1ccc(Br)cc1CS(C)(=O)=O)C(=O)C1CC1. The Balaban J connectivity index is 2.44. The molecule has 0 saturated heterocycles. The molecule has 6 nitrogen and oxygen atoms in total. The minimum absolute atomic E-state index is 0.136. The lowest BCUT2D eigenvalue weighted by Gasteiger charge is -2.18. The van der Waals surface area contributed by atoms with Crippen LogP contribution in [0.25, 0.3) is 0 Å². The molecule has 1 N–H and O–H groups in total. The van der Waals surface area contributed by atoms with Crippen LogP contribution in [0.15, 0.2) is 22.7 Å². The van der Waals surface area contributed by atoms with Gasteiger partial charge in [-0.05, 0) is 43.5 Å². The van der Waals surface area contributed by atoms with E-state index in [2.05, 4.69) is 15.9 Å². The second kappa shape index (κ2) is 7.78. The molecule has 136 valence electrons. The number of hydrogen-bond donors (Lipinski definition) is 1. The fourth-order valence-corrected chi connectivity index (χ4v) is 3.79. The van der Waals surface area contributed by atoms with E-state index in [0.29, 0.717) is 22.9 Å². The van der Waals surface area contributed by atoms with Gasteiger partial charge >= 0.3 is 0 Å². The molecular formula is C17H20BrNO5S. The molecule has 0 spiro atoms. The molecule has 1 saturated carbocycles. The molecule has 0 aromatic heterocycles. The standard InChI is InChI=1S/C17H20BrNO5S/c1-3-24-17(19)14(15(20)10-4-5-10)16(21)13-7-6-12(18)8-11(13)9-25(2,22)23/h6-8,10,14,19H,3-5,9H2,1-2H3. The molecule has 1 fully saturated rings. The number of hydrogen-bond acceptors (Lipinski definition) is 6. The molecule has 25 heavy (non-hydrogen) atoms. The van der Waals surface area contributed by atoms with Crippen molar-refractivity contribution in [3.05, 3.63) is 33.8 Å². The second-order valence-electron chi connectivity index (χ2n) is 6.14. The molecule has 0 amide bonds. The van der Waals surface area contributed by atoms with Crippen LogP contribution < -0.4 is 0 Å². The van der Waals surface area contributed by atoms with Crippen LogP contribution in [-0.2, 0) is 25.1 Å². The largest absolute Gasteiger partial charge is 0.481 e. The van der Waals surface area contributed by atoms with Crippen molar-refractivity contribution in [3.63, 3.8) is 0 Å². The summed E-state index contributed by atoms with van der Waals surface area (Å²) in [7, 11) is -3.37. The zero-order valence-electron chi connectivity index (χ0n) is 14.0. The Morgan fingerprint density at radius 2 is 2.00 bits per heavy atom. The van der Waals surface area contributed by atoms with Gasteiger partial charge in [-0.15, -0.1) is 0 Å². The van der Waals surface area contributed by atoms with E-state index in [1.54, 1.807) is 19.1 Å². The van der Waals surface area contributed by atoms with Crippen molar-refractivity contribution in [1.82, 2.24) is 0 Å². The predicted octanol–water partition coefficient (Wildman–Crippen LogP) is 2.79. The molecule has 1 aliphatic carbocycles. The predicted molar refractivity (Wildman–Crippen MR) is 97.6 cm³/mol. The molecule has 2 rings (SSSR count). The molecule has 0 radical (unpaired) electrons. The molecule has 1 aliphatic rings. The third-order valence-electron chi connectivity index (χ3n) is 3.84. The molecule has 0 aliphatic heterocycles. The Morgan fingerprint density at radius 1 is 1.36 bits per heavy atom. The van der Waals surface area contributed by atoms with E-state index in [9.17, 15) is 18.0 Å². The van der Waals surface area contributed by atoms with Crippen LogP contribution >= 0.6 is 15.9 Å². The summed E-state index contributed by atoms with van der Waals surface area (Å²) in [5, 5.41) is 7.98. The Labute approximate surface area is 155 Å². The highest BCUT2D eigenvalue weighted by Crippen LogP contribution is 2.34. The normalized spacial score (nSPS) is 15.5. The topological polar surface area (TPSA) is 101 Å². The van der Waals surface area contributed by atoms with Crippen molar-refractivity contribution in [1.29, 1.82) is 5.41 Å². The van der Waals surface area contributed by atoms with Gasteiger partial charge in [0.1, 0.15) is 0 Å². The zero-order valence-corrected chi connectivity index (χ0v) is 16.4. The van der Waals surface area contributed by atoms with Crippen molar-refractivity contribution in [2.45, 2.75) is 25.5 Å². The lowest BCUT2D eigenvalue weighted by molar-refractivity contribution is -0.121. The molecule has 0 heterocycles. The smallest absolute Gasteiger partial charge is 0.199 e. The number of rotatable bonds is 8. The molecule has 1 unspecified atom stereocenters. The van der Waals surface area contributed by atoms with Crippen molar-refractivity contribution >= 4 is 43.2 Å². The summed E-state index contributed by atoms with van der Waals surface area (Å²) in [5.41, 5.74) is 0.442. The summed E-state index contributed by atoms with van der Waals surface area (Å²) in [6, 6.07) is 4.65. The number of ether oxygens (including phenoxy) is 1. The Bertz CT molecular complexity index is 814. The fraction of sp³-hybridized carbons (Fsp3) is 0.471. The average molecular weight is 430 g/mol. The van der Waals surface area contributed by atoms with Gasteiger partial charge in [0.05, 0.1) is 12.4 Å². The van der Waals surface area contributed by atoms with Crippen molar-refractivity contribution in [3.8, 4) is 0 Å². The van der Waals surface area contributed by atoms with Gasteiger partial charge in [-0.25, -0.2) is 8.42 Å². The minimum Gasteiger partial charge on any atom is -0.481 e. The van der Waals surface area contributed by atoms with Gasteiger partial charge in [-0.2, -0.15) is 0 Å². The minimum atomic E-state index is -3.37. The van der Waals surface area contributed by atoms with Crippen molar-refractivity contribution < 1.29 is 22.7 Å². The van der Waals surface area contributed by atoms with Gasteiger partial charge in [0, 0.05) is 22.2 Å². The van der Waals surface area contributed by atoms with Gasteiger partial charge in [0.15, 0.2) is 33.2 Å². The number of halogens is 1. The Hall–Kier alpha value is -1.54. The zero-order chi connectivity index (χ0) is 18.8. The lowest BCUT2D eigenvalue weighted by Crippen LogP contribution is -2.34. The van der Waals surface area contributed by atoms with Crippen LogP contribution in [0.3, 0.4) is 0 Å². The monoisotopic (exact) mass is 429 g/mol. The third kappa shape index (κ3) is 5.22. The maximum absolute atomic E-state index is 13.0. The maximum Gasteiger partial charge on any atom is 0.199 e. The summed E-state index contributed by atoms with van der Waals surface area (Å²) in [4.78, 5) is 25.5. The average Bonchev–Trinajstić information content (AvgIpc) is 3.30. The summed E-state index contributed by atoms with van der Waals surface area (Å²) in [6.07, 6.45) is 2.49.